The first-order valence-electron chi connectivity index (χ1n) is 4.69. The van der Waals surface area contributed by atoms with Crippen LogP contribution >= 0.6 is 0 Å². The summed E-state index contributed by atoms with van der Waals surface area (Å²) in [6.45, 7) is 10.1. The fourth-order valence-corrected chi connectivity index (χ4v) is 1.53. The lowest BCUT2D eigenvalue weighted by molar-refractivity contribution is 0.255. The second-order valence-corrected chi connectivity index (χ2v) is 3.81. The van der Waals surface area contributed by atoms with Crippen molar-refractivity contribution in [1.29, 1.82) is 0 Å². The van der Waals surface area contributed by atoms with Crippen molar-refractivity contribution >= 4 is 6.72 Å². The Morgan fingerprint density at radius 2 is 2.00 bits per heavy atom. The van der Waals surface area contributed by atoms with Crippen molar-refractivity contribution in [2.75, 3.05) is 27.2 Å². The topological polar surface area (TPSA) is 15.6 Å². The first kappa shape index (κ1) is 11.6. The Morgan fingerprint density at radius 1 is 1.42 bits per heavy atom. The molecule has 2 heteroatoms. The lowest BCUT2D eigenvalue weighted by Gasteiger charge is -2.24. The highest BCUT2D eigenvalue weighted by atomic mass is 15.1. The molecule has 2 nitrogen and oxygen atoms in total. The van der Waals surface area contributed by atoms with Crippen LogP contribution in [0.4, 0.5) is 0 Å². The minimum atomic E-state index is 0.662. The molecule has 2 atom stereocenters. The first-order valence-corrected chi connectivity index (χ1v) is 4.69. The highest BCUT2D eigenvalue weighted by molar-refractivity contribution is 5.23. The van der Waals surface area contributed by atoms with Crippen molar-refractivity contribution in [3.8, 4) is 0 Å². The summed E-state index contributed by atoms with van der Waals surface area (Å²) in [6, 6.07) is 0. The summed E-state index contributed by atoms with van der Waals surface area (Å²) in [5.41, 5.74) is 0. The van der Waals surface area contributed by atoms with Crippen LogP contribution in [0.25, 0.3) is 0 Å². The van der Waals surface area contributed by atoms with Crippen LogP contribution in [0.2, 0.25) is 0 Å². The van der Waals surface area contributed by atoms with Gasteiger partial charge in [-0.15, -0.1) is 0 Å². The highest BCUT2D eigenvalue weighted by Gasteiger charge is 2.14. The van der Waals surface area contributed by atoms with Gasteiger partial charge in [0.15, 0.2) is 0 Å². The molecule has 1 unspecified atom stereocenters. The van der Waals surface area contributed by atoms with Gasteiger partial charge in [0, 0.05) is 13.1 Å². The van der Waals surface area contributed by atoms with Crippen LogP contribution in [0.15, 0.2) is 4.99 Å². The van der Waals surface area contributed by atoms with Gasteiger partial charge in [-0.1, -0.05) is 20.3 Å². The van der Waals surface area contributed by atoms with E-state index >= 15 is 0 Å². The van der Waals surface area contributed by atoms with Crippen molar-refractivity contribution in [1.82, 2.24) is 4.90 Å². The molecule has 0 fully saturated rings. The number of aliphatic imine (C=N–C) groups is 1. The van der Waals surface area contributed by atoms with Gasteiger partial charge >= 0.3 is 0 Å². The predicted molar refractivity (Wildman–Crippen MR) is 55.9 cm³/mol. The molecule has 12 heavy (non-hydrogen) atoms. The summed E-state index contributed by atoms with van der Waals surface area (Å²) in [6.07, 6.45) is 1.23. The average Bonchev–Trinajstić information content (AvgIpc) is 2.00. The number of hydrogen-bond acceptors (Lipinski definition) is 2. The van der Waals surface area contributed by atoms with Crippen molar-refractivity contribution in [3.05, 3.63) is 0 Å². The Balaban J connectivity index is 3.86. The largest absolute Gasteiger partial charge is 0.309 e. The Bertz CT molecular complexity index is 121. The molecular formula is C10H22N2. The minimum Gasteiger partial charge on any atom is -0.309 e. The lowest BCUT2D eigenvalue weighted by Crippen LogP contribution is -2.27. The van der Waals surface area contributed by atoms with Crippen LogP contribution in [0, 0.1) is 11.8 Å². The minimum absolute atomic E-state index is 0.662. The normalized spacial score (nSPS) is 16.1. The molecule has 0 aromatic rings. The van der Waals surface area contributed by atoms with Crippen LogP contribution in [0.1, 0.15) is 20.3 Å². The molecule has 0 aliphatic carbocycles. The van der Waals surface area contributed by atoms with Crippen molar-refractivity contribution in [2.45, 2.75) is 20.3 Å². The van der Waals surface area contributed by atoms with Crippen LogP contribution in [-0.4, -0.2) is 38.8 Å². The Kier molecular flexibility index (Phi) is 5.99. The van der Waals surface area contributed by atoms with Crippen molar-refractivity contribution in [3.63, 3.8) is 0 Å². The van der Waals surface area contributed by atoms with Crippen LogP contribution in [0.3, 0.4) is 0 Å². The third-order valence-corrected chi connectivity index (χ3v) is 2.35. The summed E-state index contributed by atoms with van der Waals surface area (Å²) < 4.78 is 0. The fourth-order valence-electron chi connectivity index (χ4n) is 1.53. The molecule has 0 aliphatic heterocycles. The molecule has 0 bridgehead atoms. The molecule has 0 radical (unpaired) electrons. The van der Waals surface area contributed by atoms with E-state index in [4.69, 9.17) is 0 Å². The Morgan fingerprint density at radius 3 is 2.33 bits per heavy atom. The molecule has 0 spiro atoms. The summed E-state index contributed by atoms with van der Waals surface area (Å²) >= 11 is 0. The predicted octanol–water partition coefficient (Wildman–Crippen LogP) is 1.91. The second kappa shape index (κ2) is 6.18. The average molecular weight is 170 g/mol. The van der Waals surface area contributed by atoms with Crippen LogP contribution < -0.4 is 0 Å². The number of hydrogen-bond donors (Lipinski definition) is 0. The zero-order chi connectivity index (χ0) is 9.56. The molecule has 0 rings (SSSR count). The molecule has 0 aromatic heterocycles. The Labute approximate surface area is 76.7 Å². The monoisotopic (exact) mass is 170 g/mol. The molecule has 72 valence electrons. The van der Waals surface area contributed by atoms with E-state index in [1.807, 2.05) is 0 Å². The maximum atomic E-state index is 3.94. The van der Waals surface area contributed by atoms with E-state index in [-0.39, 0.29) is 0 Å². The van der Waals surface area contributed by atoms with E-state index in [9.17, 15) is 0 Å². The summed E-state index contributed by atoms with van der Waals surface area (Å²) in [5.74, 6) is 1.42. The van der Waals surface area contributed by atoms with Gasteiger partial charge in [0.05, 0.1) is 0 Å². The Hall–Kier alpha value is -0.370. The van der Waals surface area contributed by atoms with Crippen LogP contribution in [0.5, 0.6) is 0 Å². The standard InChI is InChI=1S/C10H22N2/c1-6-10(8-12(4)5)9(2)7-11-3/h9-10H,3,6-8H2,1-2,4-5H3/t9-,10?/m0/s1. The molecule has 0 aliphatic rings. The summed E-state index contributed by atoms with van der Waals surface area (Å²) in [7, 11) is 4.24. The van der Waals surface area contributed by atoms with Crippen molar-refractivity contribution in [2.24, 2.45) is 16.8 Å². The molecular weight excluding hydrogens is 148 g/mol. The van der Waals surface area contributed by atoms with E-state index < -0.39 is 0 Å². The summed E-state index contributed by atoms with van der Waals surface area (Å²) in [4.78, 5) is 6.19. The van der Waals surface area contributed by atoms with Gasteiger partial charge in [-0.05, 0) is 32.6 Å². The van der Waals surface area contributed by atoms with Gasteiger partial charge in [-0.3, -0.25) is 0 Å². The van der Waals surface area contributed by atoms with Gasteiger partial charge in [-0.25, -0.2) is 0 Å². The fraction of sp³-hybridized carbons (Fsp3) is 0.900. The molecule has 0 heterocycles. The van der Waals surface area contributed by atoms with Gasteiger partial charge in [0.2, 0.25) is 0 Å². The quantitative estimate of drug-likeness (QED) is 0.556. The molecule has 0 saturated carbocycles. The molecule has 0 aromatic carbocycles. The highest BCUT2D eigenvalue weighted by Crippen LogP contribution is 2.16. The second-order valence-electron chi connectivity index (χ2n) is 3.81. The van der Waals surface area contributed by atoms with Gasteiger partial charge in [0.25, 0.3) is 0 Å². The number of rotatable bonds is 6. The SMILES string of the molecule is C=NC[C@H](C)C(CC)CN(C)C. The first-order chi connectivity index (χ1) is 5.61. The van der Waals surface area contributed by atoms with E-state index in [0.29, 0.717) is 5.92 Å². The van der Waals surface area contributed by atoms with E-state index in [1.165, 1.54) is 6.42 Å². The molecule has 0 amide bonds. The maximum Gasteiger partial charge on any atom is 0.0410 e. The third kappa shape index (κ3) is 4.50. The smallest absolute Gasteiger partial charge is 0.0410 e. The maximum absolute atomic E-state index is 3.94. The van der Waals surface area contributed by atoms with E-state index in [0.717, 1.165) is 19.0 Å². The van der Waals surface area contributed by atoms with Crippen molar-refractivity contribution < 1.29 is 0 Å². The molecule has 0 saturated heterocycles. The lowest BCUT2D eigenvalue weighted by atomic mass is 9.91. The van der Waals surface area contributed by atoms with E-state index in [1.54, 1.807) is 0 Å². The number of nitrogens with zero attached hydrogens (tertiary/aromatic N) is 2. The zero-order valence-electron chi connectivity index (χ0n) is 8.88. The van der Waals surface area contributed by atoms with E-state index in [2.05, 4.69) is 44.6 Å². The third-order valence-electron chi connectivity index (χ3n) is 2.35. The zero-order valence-corrected chi connectivity index (χ0v) is 8.88. The van der Waals surface area contributed by atoms with Gasteiger partial charge in [0.1, 0.15) is 0 Å². The van der Waals surface area contributed by atoms with Gasteiger partial charge in [-0.2, -0.15) is 0 Å². The van der Waals surface area contributed by atoms with Crippen LogP contribution in [-0.2, 0) is 0 Å². The summed E-state index contributed by atoms with van der Waals surface area (Å²) in [5, 5.41) is 0. The molecule has 0 N–H and O–H groups in total. The van der Waals surface area contributed by atoms with Gasteiger partial charge < -0.3 is 9.89 Å².